The number of benzene rings is 1. The average Bonchev–Trinajstić information content (AvgIpc) is 2.82. The monoisotopic (exact) mass is 357 g/mol. The van der Waals surface area contributed by atoms with Gasteiger partial charge in [-0.2, -0.15) is 0 Å². The molecule has 2 aliphatic heterocycles. The molecule has 0 atom stereocenters. The Morgan fingerprint density at radius 2 is 1.62 bits per heavy atom. The first-order valence-corrected chi connectivity index (χ1v) is 9.06. The minimum absolute atomic E-state index is 0.0496. The van der Waals surface area contributed by atoms with Crippen molar-refractivity contribution in [3.8, 4) is 0 Å². The van der Waals surface area contributed by atoms with Gasteiger partial charge in [-0.05, 0) is 37.6 Å². The van der Waals surface area contributed by atoms with E-state index in [1.807, 2.05) is 45.6 Å². The highest BCUT2D eigenvalue weighted by Gasteiger charge is 2.39. The van der Waals surface area contributed by atoms with E-state index in [4.69, 9.17) is 0 Å². The molecule has 2 heterocycles. The lowest BCUT2D eigenvalue weighted by Crippen LogP contribution is -2.53. The Bertz CT molecular complexity index is 769. The zero-order valence-electron chi connectivity index (χ0n) is 16.2. The van der Waals surface area contributed by atoms with E-state index in [9.17, 15) is 14.4 Å². The molecule has 1 fully saturated rings. The van der Waals surface area contributed by atoms with Gasteiger partial charge < -0.3 is 15.1 Å². The Hall–Kier alpha value is -2.37. The molecule has 1 saturated heterocycles. The van der Waals surface area contributed by atoms with Crippen LogP contribution in [-0.4, -0.2) is 53.7 Å². The number of amides is 3. The fourth-order valence-corrected chi connectivity index (χ4v) is 3.47. The first-order chi connectivity index (χ1) is 12.0. The molecule has 26 heavy (non-hydrogen) atoms. The standard InChI is InChI=1S/C20H27N3O3/c1-19(2,3)18(26)23-10-8-22(9-11-23)16(24)13-6-7-15-14(12-13)20(4,5)17(25)21-15/h6-7,12H,8-11H2,1-5H3,(H,21,25). The normalized spacial score (nSPS) is 19.2. The molecule has 0 bridgehead atoms. The third-order valence-electron chi connectivity index (χ3n) is 5.25. The van der Waals surface area contributed by atoms with Crippen molar-refractivity contribution in [1.82, 2.24) is 9.80 Å². The summed E-state index contributed by atoms with van der Waals surface area (Å²) in [6, 6.07) is 5.38. The summed E-state index contributed by atoms with van der Waals surface area (Å²) in [6.07, 6.45) is 0. The Kier molecular flexibility index (Phi) is 4.33. The third-order valence-corrected chi connectivity index (χ3v) is 5.25. The van der Waals surface area contributed by atoms with Crippen molar-refractivity contribution in [3.05, 3.63) is 29.3 Å². The Labute approximate surface area is 154 Å². The number of nitrogens with zero attached hydrogens (tertiary/aromatic N) is 2. The van der Waals surface area contributed by atoms with E-state index in [1.54, 1.807) is 17.0 Å². The number of hydrogen-bond donors (Lipinski definition) is 1. The van der Waals surface area contributed by atoms with Crippen LogP contribution in [0.5, 0.6) is 0 Å². The highest BCUT2D eigenvalue weighted by atomic mass is 16.2. The molecule has 0 aromatic heterocycles. The first-order valence-electron chi connectivity index (χ1n) is 9.06. The summed E-state index contributed by atoms with van der Waals surface area (Å²) in [5.41, 5.74) is 1.18. The van der Waals surface area contributed by atoms with Gasteiger partial charge in [0.05, 0.1) is 5.41 Å². The van der Waals surface area contributed by atoms with Crippen LogP contribution in [0.15, 0.2) is 18.2 Å². The number of carbonyl (C=O) groups excluding carboxylic acids is 3. The molecule has 6 heteroatoms. The highest BCUT2D eigenvalue weighted by Crippen LogP contribution is 2.37. The van der Waals surface area contributed by atoms with E-state index in [2.05, 4.69) is 5.32 Å². The maximum atomic E-state index is 12.9. The molecular weight excluding hydrogens is 330 g/mol. The quantitative estimate of drug-likeness (QED) is 0.838. The Morgan fingerprint density at radius 3 is 2.19 bits per heavy atom. The molecule has 0 unspecified atom stereocenters. The summed E-state index contributed by atoms with van der Waals surface area (Å²) >= 11 is 0. The number of hydrogen-bond acceptors (Lipinski definition) is 3. The van der Waals surface area contributed by atoms with Gasteiger partial charge in [0.2, 0.25) is 11.8 Å². The maximum absolute atomic E-state index is 12.9. The van der Waals surface area contributed by atoms with Crippen LogP contribution < -0.4 is 5.32 Å². The zero-order chi connectivity index (χ0) is 19.3. The van der Waals surface area contributed by atoms with Crippen LogP contribution in [0.2, 0.25) is 0 Å². The first kappa shape index (κ1) is 18.4. The predicted octanol–water partition coefficient (Wildman–Crippen LogP) is 2.25. The lowest BCUT2D eigenvalue weighted by Gasteiger charge is -2.37. The van der Waals surface area contributed by atoms with Gasteiger partial charge in [0.1, 0.15) is 0 Å². The summed E-state index contributed by atoms with van der Waals surface area (Å²) in [7, 11) is 0. The van der Waals surface area contributed by atoms with Crippen LogP contribution in [0.4, 0.5) is 5.69 Å². The molecule has 0 saturated carbocycles. The molecule has 1 aromatic carbocycles. The fraction of sp³-hybridized carbons (Fsp3) is 0.550. The summed E-state index contributed by atoms with van der Waals surface area (Å²) in [5.74, 6) is 0.0191. The molecule has 0 radical (unpaired) electrons. The van der Waals surface area contributed by atoms with Crippen LogP contribution >= 0.6 is 0 Å². The van der Waals surface area contributed by atoms with Crippen molar-refractivity contribution in [2.75, 3.05) is 31.5 Å². The van der Waals surface area contributed by atoms with Gasteiger partial charge in [0.25, 0.3) is 5.91 Å². The summed E-state index contributed by atoms with van der Waals surface area (Å²) < 4.78 is 0. The number of fused-ring (bicyclic) bond motifs is 1. The second-order valence-electron chi connectivity index (χ2n) is 8.67. The molecular formula is C20H27N3O3. The van der Waals surface area contributed by atoms with E-state index >= 15 is 0 Å². The minimum atomic E-state index is -0.635. The summed E-state index contributed by atoms with van der Waals surface area (Å²) in [6.45, 7) is 11.6. The molecule has 1 aromatic rings. The summed E-state index contributed by atoms with van der Waals surface area (Å²) in [5, 5.41) is 2.86. The van der Waals surface area contributed by atoms with Crippen molar-refractivity contribution >= 4 is 23.4 Å². The van der Waals surface area contributed by atoms with E-state index in [0.717, 1.165) is 11.3 Å². The van der Waals surface area contributed by atoms with E-state index in [0.29, 0.717) is 31.7 Å². The van der Waals surface area contributed by atoms with Crippen molar-refractivity contribution in [2.45, 2.75) is 40.0 Å². The molecule has 3 rings (SSSR count). The van der Waals surface area contributed by atoms with E-state index < -0.39 is 10.8 Å². The van der Waals surface area contributed by atoms with Gasteiger partial charge in [-0.1, -0.05) is 20.8 Å². The van der Waals surface area contributed by atoms with Crippen molar-refractivity contribution < 1.29 is 14.4 Å². The molecule has 1 N–H and O–H groups in total. The van der Waals surface area contributed by atoms with Gasteiger partial charge in [-0.3, -0.25) is 14.4 Å². The van der Waals surface area contributed by atoms with E-state index in [-0.39, 0.29) is 17.7 Å². The van der Waals surface area contributed by atoms with Gasteiger partial charge in [-0.15, -0.1) is 0 Å². The molecule has 6 nitrogen and oxygen atoms in total. The predicted molar refractivity (Wildman–Crippen MR) is 100 cm³/mol. The van der Waals surface area contributed by atoms with Gasteiger partial charge in [0, 0.05) is 42.8 Å². The number of anilines is 1. The third kappa shape index (κ3) is 3.08. The van der Waals surface area contributed by atoms with Crippen molar-refractivity contribution in [2.24, 2.45) is 5.41 Å². The lowest BCUT2D eigenvalue weighted by molar-refractivity contribution is -0.140. The van der Waals surface area contributed by atoms with Gasteiger partial charge >= 0.3 is 0 Å². The number of rotatable bonds is 1. The van der Waals surface area contributed by atoms with Crippen LogP contribution in [0, 0.1) is 5.41 Å². The van der Waals surface area contributed by atoms with Crippen LogP contribution in [-0.2, 0) is 15.0 Å². The summed E-state index contributed by atoms with van der Waals surface area (Å²) in [4.78, 5) is 40.9. The van der Waals surface area contributed by atoms with E-state index in [1.165, 1.54) is 0 Å². The SMILES string of the molecule is CC(C)(C)C(=O)N1CCN(C(=O)c2ccc3c(c2)C(C)(C)C(=O)N3)CC1. The number of carbonyl (C=O) groups is 3. The van der Waals surface area contributed by atoms with Gasteiger partial charge in [-0.25, -0.2) is 0 Å². The molecule has 2 aliphatic rings. The van der Waals surface area contributed by atoms with Crippen molar-refractivity contribution in [3.63, 3.8) is 0 Å². The largest absolute Gasteiger partial charge is 0.339 e. The Morgan fingerprint density at radius 1 is 1.04 bits per heavy atom. The second-order valence-corrected chi connectivity index (χ2v) is 8.67. The molecule has 3 amide bonds. The molecule has 140 valence electrons. The fourth-order valence-electron chi connectivity index (χ4n) is 3.47. The smallest absolute Gasteiger partial charge is 0.253 e. The topological polar surface area (TPSA) is 69.7 Å². The average molecular weight is 357 g/mol. The lowest BCUT2D eigenvalue weighted by atomic mass is 9.85. The van der Waals surface area contributed by atoms with Crippen LogP contribution in [0.1, 0.15) is 50.5 Å². The number of piperazine rings is 1. The minimum Gasteiger partial charge on any atom is -0.339 e. The van der Waals surface area contributed by atoms with Gasteiger partial charge in [0.15, 0.2) is 0 Å². The Balaban J connectivity index is 1.72. The maximum Gasteiger partial charge on any atom is 0.253 e. The highest BCUT2D eigenvalue weighted by molar-refractivity contribution is 6.07. The zero-order valence-corrected chi connectivity index (χ0v) is 16.2. The second kappa shape index (κ2) is 6.11. The molecule has 0 spiro atoms. The van der Waals surface area contributed by atoms with Crippen molar-refractivity contribution in [1.29, 1.82) is 0 Å². The van der Waals surface area contributed by atoms with Crippen LogP contribution in [0.25, 0.3) is 0 Å². The molecule has 0 aliphatic carbocycles. The number of nitrogens with one attached hydrogen (secondary N) is 1. The van der Waals surface area contributed by atoms with Crippen LogP contribution in [0.3, 0.4) is 0 Å².